The molecule has 0 spiro atoms. The fourth-order valence-electron chi connectivity index (χ4n) is 11.3. The van der Waals surface area contributed by atoms with Crippen molar-refractivity contribution >= 4 is 89.5 Å². The van der Waals surface area contributed by atoms with E-state index in [1.54, 1.807) is 0 Å². The summed E-state index contributed by atoms with van der Waals surface area (Å²) in [5.74, 6) is 0. The zero-order chi connectivity index (χ0) is 49.2. The molecule has 12 rings (SSSR count). The van der Waals surface area contributed by atoms with Crippen molar-refractivity contribution in [2.75, 3.05) is 4.90 Å². The molecule has 12 aromatic rings. The molecule has 10 aromatic carbocycles. The van der Waals surface area contributed by atoms with Gasteiger partial charge in [-0.1, -0.05) is 193 Å². The number of rotatable bonds is 9. The van der Waals surface area contributed by atoms with E-state index in [9.17, 15) is 0 Å². The average Bonchev–Trinajstić information content (AvgIpc) is 3.92. The van der Waals surface area contributed by atoms with Gasteiger partial charge >= 0.3 is 0 Å². The third kappa shape index (κ3) is 7.57. The third-order valence-corrected chi connectivity index (χ3v) is 19.7. The molecule has 0 N–H and O–H groups in total. The molecule has 2 heterocycles. The van der Waals surface area contributed by atoms with E-state index in [4.69, 9.17) is 0 Å². The lowest BCUT2D eigenvalue weighted by atomic mass is 9.85. The maximum atomic E-state index is 2.47. The van der Waals surface area contributed by atoms with Crippen LogP contribution in [0.1, 0.15) is 52.7 Å². The molecule has 4 heteroatoms. The minimum absolute atomic E-state index is 0.0275. The molecule has 350 valence electrons. The van der Waals surface area contributed by atoms with Crippen LogP contribution in [0, 0.1) is 0 Å². The van der Waals surface area contributed by atoms with E-state index in [1.807, 2.05) is 0 Å². The Labute approximate surface area is 424 Å². The molecule has 0 saturated heterocycles. The summed E-state index contributed by atoms with van der Waals surface area (Å²) in [6.07, 6.45) is 0. The van der Waals surface area contributed by atoms with E-state index in [0.717, 1.165) is 28.4 Å². The van der Waals surface area contributed by atoms with Crippen molar-refractivity contribution in [2.45, 2.75) is 52.4 Å². The lowest BCUT2D eigenvalue weighted by Gasteiger charge is -2.35. The van der Waals surface area contributed by atoms with Gasteiger partial charge in [-0.15, -0.1) is 0 Å². The van der Waals surface area contributed by atoms with Crippen LogP contribution in [-0.4, -0.2) is 17.2 Å². The van der Waals surface area contributed by atoms with Gasteiger partial charge in [-0.05, 0) is 140 Å². The third-order valence-electron chi connectivity index (χ3n) is 15.0. The van der Waals surface area contributed by atoms with Gasteiger partial charge in [0.2, 0.25) is 0 Å². The van der Waals surface area contributed by atoms with Gasteiger partial charge in [0.25, 0.3) is 0 Å². The molecule has 3 nitrogen and oxygen atoms in total. The Hall–Kier alpha value is -8.18. The second-order valence-electron chi connectivity index (χ2n) is 21.4. The van der Waals surface area contributed by atoms with Crippen LogP contribution < -0.4 is 25.6 Å². The Morgan fingerprint density at radius 2 is 0.653 bits per heavy atom. The molecule has 0 aliphatic heterocycles. The lowest BCUT2D eigenvalue weighted by Crippen LogP contribution is -2.74. The highest BCUT2D eigenvalue weighted by molar-refractivity contribution is 7.19. The standard InChI is InChI=1S/C68H59N3Si/c1-67(2,3)48-33-43-65-61(45-48)62-46-49(68(4,5)6)34-44-66(62)71(65)53-41-37-51(38-42-53)69(50-35-39-52(40-36-50)70-63-31-18-16-29-59(63)60-30-17-19-32-64(60)70)54-21-20-28-58(47-54)72(55-22-10-7-11-23-55,56-24-12-8-13-25-56)57-26-14-9-15-27-57/h7-47H,1-6H3. The van der Waals surface area contributed by atoms with Gasteiger partial charge in [0.05, 0.1) is 22.1 Å². The molecule has 0 saturated carbocycles. The normalized spacial score (nSPS) is 12.3. The molecule has 0 bridgehead atoms. The largest absolute Gasteiger partial charge is 0.311 e. The monoisotopic (exact) mass is 945 g/mol. The summed E-state index contributed by atoms with van der Waals surface area (Å²) in [6.45, 7) is 13.8. The van der Waals surface area contributed by atoms with Crippen LogP contribution in [0.2, 0.25) is 0 Å². The second-order valence-corrected chi connectivity index (χ2v) is 25.2. The highest BCUT2D eigenvalue weighted by atomic mass is 28.3. The molecule has 2 aromatic heterocycles. The molecule has 0 radical (unpaired) electrons. The number of aromatic nitrogens is 2. The summed E-state index contributed by atoms with van der Waals surface area (Å²) < 4.78 is 4.85. The van der Waals surface area contributed by atoms with E-state index in [0.29, 0.717) is 0 Å². The first kappa shape index (κ1) is 45.0. The van der Waals surface area contributed by atoms with E-state index in [1.165, 1.54) is 75.5 Å². The van der Waals surface area contributed by atoms with Crippen LogP contribution in [0.4, 0.5) is 17.1 Å². The fraction of sp³-hybridized carbons (Fsp3) is 0.118. The highest BCUT2D eigenvalue weighted by Gasteiger charge is 2.41. The van der Waals surface area contributed by atoms with E-state index >= 15 is 0 Å². The maximum Gasteiger partial charge on any atom is 0.179 e. The van der Waals surface area contributed by atoms with Gasteiger partial charge < -0.3 is 14.0 Å². The SMILES string of the molecule is CC(C)(C)c1ccc2c(c1)c1cc(C(C)(C)C)ccc1n2-c1ccc(N(c2ccc(-n3c4ccccc4c4ccccc43)cc2)c2cccc([Si](c3ccccc3)(c3ccccc3)c3ccccc3)c2)cc1. The zero-order valence-electron chi connectivity index (χ0n) is 42.0. The second kappa shape index (κ2) is 17.6. The minimum Gasteiger partial charge on any atom is -0.311 e. The highest BCUT2D eigenvalue weighted by Crippen LogP contribution is 2.41. The quantitative estimate of drug-likeness (QED) is 0.104. The molecule has 0 atom stereocenters. The molecule has 0 fully saturated rings. The van der Waals surface area contributed by atoms with Crippen molar-refractivity contribution in [1.29, 1.82) is 0 Å². The summed E-state index contributed by atoms with van der Waals surface area (Å²) in [4.78, 5) is 2.44. The summed E-state index contributed by atoms with van der Waals surface area (Å²) in [6, 6.07) is 93.0. The van der Waals surface area contributed by atoms with Crippen LogP contribution >= 0.6 is 0 Å². The first-order valence-corrected chi connectivity index (χ1v) is 27.3. The molecule has 72 heavy (non-hydrogen) atoms. The minimum atomic E-state index is -2.84. The van der Waals surface area contributed by atoms with Gasteiger partial charge in [0.1, 0.15) is 0 Å². The summed E-state index contributed by atoms with van der Waals surface area (Å²) >= 11 is 0. The van der Waals surface area contributed by atoms with Gasteiger partial charge in [-0.2, -0.15) is 0 Å². The van der Waals surface area contributed by atoms with Gasteiger partial charge in [0, 0.05) is 50.0 Å². The van der Waals surface area contributed by atoms with Crippen molar-refractivity contribution in [1.82, 2.24) is 9.13 Å². The number of anilines is 3. The Balaban J connectivity index is 1.05. The predicted octanol–water partition coefficient (Wildman–Crippen LogP) is 15.3. The van der Waals surface area contributed by atoms with Crippen molar-refractivity contribution in [2.24, 2.45) is 0 Å². The molecular weight excluding hydrogens is 887 g/mol. The van der Waals surface area contributed by atoms with E-state index in [2.05, 4.69) is 304 Å². The average molecular weight is 946 g/mol. The number of benzene rings is 10. The Kier molecular flexibility index (Phi) is 11.0. The van der Waals surface area contributed by atoms with Crippen LogP contribution in [0.3, 0.4) is 0 Å². The van der Waals surface area contributed by atoms with Gasteiger partial charge in [0.15, 0.2) is 8.07 Å². The zero-order valence-corrected chi connectivity index (χ0v) is 43.0. The molecular formula is C68H59N3Si. The lowest BCUT2D eigenvalue weighted by molar-refractivity contribution is 0.590. The summed E-state index contributed by atoms with van der Waals surface area (Å²) in [5, 5.41) is 10.5. The number of nitrogens with zero attached hydrogens (tertiary/aromatic N) is 3. The van der Waals surface area contributed by atoms with Crippen molar-refractivity contribution < 1.29 is 0 Å². The van der Waals surface area contributed by atoms with E-state index in [-0.39, 0.29) is 10.8 Å². The number of hydrogen-bond donors (Lipinski definition) is 0. The van der Waals surface area contributed by atoms with Crippen LogP contribution in [0.5, 0.6) is 0 Å². The Morgan fingerprint density at radius 1 is 0.292 bits per heavy atom. The van der Waals surface area contributed by atoms with Crippen LogP contribution in [0.15, 0.2) is 249 Å². The topological polar surface area (TPSA) is 13.1 Å². The maximum absolute atomic E-state index is 2.84. The first-order valence-electron chi connectivity index (χ1n) is 25.3. The van der Waals surface area contributed by atoms with Crippen molar-refractivity contribution in [3.05, 3.63) is 260 Å². The molecule has 0 amide bonds. The molecule has 0 aliphatic carbocycles. The number of para-hydroxylation sites is 2. The fourth-order valence-corrected chi connectivity index (χ4v) is 16.1. The number of fused-ring (bicyclic) bond motifs is 6. The Bertz CT molecular complexity index is 3690. The first-order chi connectivity index (χ1) is 35.0. The van der Waals surface area contributed by atoms with Crippen LogP contribution in [-0.2, 0) is 10.8 Å². The summed E-state index contributed by atoms with van der Waals surface area (Å²) in [7, 11) is -2.84. The smallest absolute Gasteiger partial charge is 0.179 e. The van der Waals surface area contributed by atoms with E-state index < -0.39 is 8.07 Å². The Morgan fingerprint density at radius 3 is 1.06 bits per heavy atom. The van der Waals surface area contributed by atoms with Crippen molar-refractivity contribution in [3.63, 3.8) is 0 Å². The van der Waals surface area contributed by atoms with Gasteiger partial charge in [-0.25, -0.2) is 0 Å². The predicted molar refractivity (Wildman–Crippen MR) is 311 cm³/mol. The van der Waals surface area contributed by atoms with Gasteiger partial charge in [-0.3, -0.25) is 0 Å². The van der Waals surface area contributed by atoms with Crippen molar-refractivity contribution in [3.8, 4) is 11.4 Å². The number of hydrogen-bond acceptors (Lipinski definition) is 1. The molecule has 0 unspecified atom stereocenters. The summed E-state index contributed by atoms with van der Waals surface area (Å²) in [5.41, 5.74) is 13.1. The molecule has 0 aliphatic rings. The van der Waals surface area contributed by atoms with Crippen LogP contribution in [0.25, 0.3) is 55.0 Å².